The van der Waals surface area contributed by atoms with Gasteiger partial charge in [0.15, 0.2) is 0 Å². The first-order chi connectivity index (χ1) is 10.6. The first-order valence-electron chi connectivity index (χ1n) is 9.45. The summed E-state index contributed by atoms with van der Waals surface area (Å²) in [7, 11) is 0. The third-order valence-corrected chi connectivity index (χ3v) is 3.47. The molecule has 0 aromatic rings. The van der Waals surface area contributed by atoms with Crippen molar-refractivity contribution in [3.05, 3.63) is 12.1 Å². The molecule has 118 valence electrons. The second kappa shape index (κ2) is 16.3. The second-order valence-corrected chi connectivity index (χ2v) is 5.53. The van der Waals surface area contributed by atoms with Gasteiger partial charge in [-0.3, -0.25) is 4.79 Å². The van der Waals surface area contributed by atoms with Gasteiger partial charge in [0.2, 0.25) is 0 Å². The van der Waals surface area contributed by atoms with Gasteiger partial charge in [-0.15, -0.1) is 0 Å². The Morgan fingerprint density at radius 2 is 1.30 bits per heavy atom. The van der Waals surface area contributed by atoms with Crippen molar-refractivity contribution in [3.63, 3.8) is 0 Å². The van der Waals surface area contributed by atoms with Crippen LogP contribution in [-0.2, 0) is 4.79 Å². The van der Waals surface area contributed by atoms with Gasteiger partial charge in [-0.2, -0.15) is 0 Å². The zero-order chi connectivity index (χ0) is 16.6. The van der Waals surface area contributed by atoms with Crippen LogP contribution in [0, 0.1) is 0 Å². The first kappa shape index (κ1) is 15.6. The summed E-state index contributed by atoms with van der Waals surface area (Å²) in [6, 6.07) is 1.01. The average molecular weight is 284 g/mol. The van der Waals surface area contributed by atoms with Gasteiger partial charge in [0.25, 0.3) is 0 Å². The van der Waals surface area contributed by atoms with E-state index < -0.39 is 5.97 Å². The molecule has 2 heteroatoms. The minimum Gasteiger partial charge on any atom is -0.481 e. The minimum atomic E-state index is -0.718. The third kappa shape index (κ3) is 17.2. The molecule has 0 heterocycles. The summed E-state index contributed by atoms with van der Waals surface area (Å²) in [5.74, 6) is -0.718. The van der Waals surface area contributed by atoms with E-state index in [1.165, 1.54) is 32.1 Å². The van der Waals surface area contributed by atoms with Crippen LogP contribution in [0.1, 0.15) is 99.6 Å². The van der Waals surface area contributed by atoms with Crippen LogP contribution < -0.4 is 0 Å². The highest BCUT2D eigenvalue weighted by atomic mass is 16.4. The van der Waals surface area contributed by atoms with Crippen LogP contribution in [0.4, 0.5) is 0 Å². The Hall–Kier alpha value is -0.790. The van der Waals surface area contributed by atoms with E-state index in [0.717, 1.165) is 44.9 Å². The Morgan fingerprint density at radius 1 is 0.850 bits per heavy atom. The molecule has 0 radical (unpaired) electrons. The molecule has 0 fully saturated rings. The number of carboxylic acids is 1. The molecule has 0 spiro atoms. The van der Waals surface area contributed by atoms with Crippen molar-refractivity contribution in [2.75, 3.05) is 0 Å². The number of hydrogen-bond donors (Lipinski definition) is 1. The van der Waals surface area contributed by atoms with Gasteiger partial charge >= 0.3 is 5.97 Å². The molecular weight excluding hydrogens is 248 g/mol. The Labute approximate surface area is 128 Å². The van der Waals surface area contributed by atoms with E-state index in [-0.39, 0.29) is 6.42 Å². The molecule has 0 aliphatic rings. The molecule has 0 saturated carbocycles. The van der Waals surface area contributed by atoms with Crippen molar-refractivity contribution in [2.45, 2.75) is 96.8 Å². The van der Waals surface area contributed by atoms with E-state index in [2.05, 4.69) is 6.92 Å². The topological polar surface area (TPSA) is 37.3 Å². The van der Waals surface area contributed by atoms with Crippen LogP contribution in [0.2, 0.25) is 0 Å². The van der Waals surface area contributed by atoms with Crippen LogP contribution in [-0.4, -0.2) is 11.1 Å². The number of carboxylic acid groups (broad SMARTS) is 1. The van der Waals surface area contributed by atoms with Crippen molar-refractivity contribution >= 4 is 5.97 Å². The number of carbonyl (C=O) groups is 1. The predicted molar refractivity (Wildman–Crippen MR) is 87.1 cm³/mol. The number of allylic oxidation sites excluding steroid dienone is 2. The molecule has 0 aliphatic carbocycles. The van der Waals surface area contributed by atoms with E-state index in [1.807, 2.05) is 0 Å². The van der Waals surface area contributed by atoms with Crippen LogP contribution in [0.3, 0.4) is 0 Å². The Balaban J connectivity index is 3.53. The van der Waals surface area contributed by atoms with Gasteiger partial charge in [0.1, 0.15) is 0 Å². The zero-order valence-corrected chi connectivity index (χ0v) is 13.3. The van der Waals surface area contributed by atoms with E-state index in [1.54, 1.807) is 0 Å². The molecule has 0 aromatic heterocycles. The summed E-state index contributed by atoms with van der Waals surface area (Å²) in [4.78, 5) is 10.4. The van der Waals surface area contributed by atoms with Crippen molar-refractivity contribution < 1.29 is 12.6 Å². The average Bonchev–Trinajstić information content (AvgIpc) is 2.49. The van der Waals surface area contributed by atoms with Crippen LogP contribution >= 0.6 is 0 Å². The fourth-order valence-electron chi connectivity index (χ4n) is 2.19. The quantitative estimate of drug-likeness (QED) is 0.291. The minimum absolute atomic E-state index is 0.263. The lowest BCUT2D eigenvalue weighted by Gasteiger charge is -1.99. The molecule has 2 nitrogen and oxygen atoms in total. The fraction of sp³-hybridized carbons (Fsp3) is 0.833. The molecule has 0 rings (SSSR count). The molecular formula is C18H34O2. The largest absolute Gasteiger partial charge is 0.481 e. The highest BCUT2D eigenvalue weighted by Crippen LogP contribution is 2.09. The molecule has 0 amide bonds. The zero-order valence-electron chi connectivity index (χ0n) is 15.3. The smallest absolute Gasteiger partial charge is 0.303 e. The maximum absolute atomic E-state index is 10.4. The van der Waals surface area contributed by atoms with Gasteiger partial charge in [-0.05, 0) is 32.1 Å². The van der Waals surface area contributed by atoms with Crippen LogP contribution in [0.25, 0.3) is 0 Å². The van der Waals surface area contributed by atoms with Crippen LogP contribution in [0.15, 0.2) is 12.1 Å². The van der Waals surface area contributed by atoms with E-state index in [0.29, 0.717) is 18.5 Å². The van der Waals surface area contributed by atoms with Crippen molar-refractivity contribution in [2.24, 2.45) is 0 Å². The van der Waals surface area contributed by atoms with Crippen molar-refractivity contribution in [1.29, 1.82) is 0 Å². The van der Waals surface area contributed by atoms with Crippen molar-refractivity contribution in [1.82, 2.24) is 0 Å². The molecule has 0 bridgehead atoms. The predicted octanol–water partition coefficient (Wildman–Crippen LogP) is 6.11. The normalized spacial score (nSPS) is 13.7. The SMILES string of the molecule is [2H]/C(CCCCCCCC)=C(\[2H])CCCCCCCC(=O)O. The van der Waals surface area contributed by atoms with Crippen LogP contribution in [0.5, 0.6) is 0 Å². The summed E-state index contributed by atoms with van der Waals surface area (Å²) in [5.41, 5.74) is 0. The first-order valence-corrected chi connectivity index (χ1v) is 8.45. The monoisotopic (exact) mass is 284 g/mol. The van der Waals surface area contributed by atoms with E-state index in [9.17, 15) is 4.79 Å². The van der Waals surface area contributed by atoms with Crippen molar-refractivity contribution in [3.8, 4) is 0 Å². The Morgan fingerprint density at radius 3 is 1.80 bits per heavy atom. The molecule has 1 N–H and O–H groups in total. The number of rotatable bonds is 15. The summed E-state index contributed by atoms with van der Waals surface area (Å²) >= 11 is 0. The standard InChI is InChI=1S/C18H34O2/c1-2-3-4-5-6-7-8-9-10-11-12-13-14-15-16-17-18(19)20/h9-10H,2-8,11-17H2,1H3,(H,19,20)/b10-9-/i9D,10D. The van der Waals surface area contributed by atoms with E-state index in [4.69, 9.17) is 7.85 Å². The van der Waals surface area contributed by atoms with Gasteiger partial charge in [-0.1, -0.05) is 70.4 Å². The maximum atomic E-state index is 10.4. The maximum Gasteiger partial charge on any atom is 0.303 e. The molecule has 20 heavy (non-hydrogen) atoms. The molecule has 0 saturated heterocycles. The van der Waals surface area contributed by atoms with Gasteiger partial charge < -0.3 is 5.11 Å². The Bertz CT molecular complexity index is 314. The number of aliphatic carboxylic acids is 1. The summed E-state index contributed by atoms with van der Waals surface area (Å²) in [5, 5.41) is 8.53. The molecule has 0 aromatic carbocycles. The summed E-state index contributed by atoms with van der Waals surface area (Å²) in [6.07, 6.45) is 13.8. The fourth-order valence-corrected chi connectivity index (χ4v) is 2.19. The lowest BCUT2D eigenvalue weighted by atomic mass is 10.1. The second-order valence-electron chi connectivity index (χ2n) is 5.53. The summed E-state index contributed by atoms with van der Waals surface area (Å²) < 4.78 is 15.8. The Kier molecular flexibility index (Phi) is 12.7. The summed E-state index contributed by atoms with van der Waals surface area (Å²) in [6.45, 7) is 2.21. The molecule has 0 aliphatic heterocycles. The van der Waals surface area contributed by atoms with Gasteiger partial charge in [0, 0.05) is 6.42 Å². The van der Waals surface area contributed by atoms with E-state index >= 15 is 0 Å². The molecule has 0 unspecified atom stereocenters. The highest BCUT2D eigenvalue weighted by molar-refractivity contribution is 5.66. The van der Waals surface area contributed by atoms with Gasteiger partial charge in [0.05, 0.1) is 2.74 Å². The third-order valence-electron chi connectivity index (χ3n) is 3.47. The number of unbranched alkanes of at least 4 members (excludes halogenated alkanes) is 9. The molecule has 0 atom stereocenters. The number of hydrogen-bond acceptors (Lipinski definition) is 1. The van der Waals surface area contributed by atoms with Gasteiger partial charge in [-0.25, -0.2) is 0 Å². The lowest BCUT2D eigenvalue weighted by molar-refractivity contribution is -0.137. The lowest BCUT2D eigenvalue weighted by Crippen LogP contribution is -1.93. The highest BCUT2D eigenvalue weighted by Gasteiger charge is 1.95.